The van der Waals surface area contributed by atoms with Gasteiger partial charge in [0.1, 0.15) is 5.78 Å². The summed E-state index contributed by atoms with van der Waals surface area (Å²) in [5.74, 6) is 1.27. The van der Waals surface area contributed by atoms with Crippen LogP contribution in [0.25, 0.3) is 0 Å². The highest BCUT2D eigenvalue weighted by molar-refractivity contribution is 5.81. The van der Waals surface area contributed by atoms with E-state index in [1.54, 1.807) is 5.57 Å². The minimum absolute atomic E-state index is 0.428. The van der Waals surface area contributed by atoms with Crippen LogP contribution in [0.15, 0.2) is 11.6 Å². The maximum atomic E-state index is 11.0. The largest absolute Gasteiger partial charge is 0.299 e. The van der Waals surface area contributed by atoms with Crippen molar-refractivity contribution in [3.63, 3.8) is 0 Å². The van der Waals surface area contributed by atoms with Gasteiger partial charge in [0.15, 0.2) is 0 Å². The average molecular weight is 164 g/mol. The van der Waals surface area contributed by atoms with Crippen LogP contribution in [0.1, 0.15) is 44.9 Å². The molecule has 0 atom stereocenters. The fourth-order valence-electron chi connectivity index (χ4n) is 2.40. The Balaban J connectivity index is 1.99. The molecule has 0 N–H and O–H groups in total. The molecule has 1 fully saturated rings. The zero-order chi connectivity index (χ0) is 8.39. The van der Waals surface area contributed by atoms with Crippen molar-refractivity contribution in [2.24, 2.45) is 5.92 Å². The van der Waals surface area contributed by atoms with Gasteiger partial charge in [0, 0.05) is 12.8 Å². The molecule has 1 heteroatoms. The fraction of sp³-hybridized carbons (Fsp3) is 0.727. The van der Waals surface area contributed by atoms with Gasteiger partial charge in [0.05, 0.1) is 0 Å². The second-order valence-corrected chi connectivity index (χ2v) is 4.00. The molecule has 2 aliphatic carbocycles. The van der Waals surface area contributed by atoms with Gasteiger partial charge in [-0.15, -0.1) is 0 Å². The highest BCUT2D eigenvalue weighted by Crippen LogP contribution is 2.34. The summed E-state index contributed by atoms with van der Waals surface area (Å²) in [7, 11) is 0. The maximum Gasteiger partial charge on any atom is 0.136 e. The highest BCUT2D eigenvalue weighted by Gasteiger charge is 2.21. The summed E-state index contributed by atoms with van der Waals surface area (Å²) >= 11 is 0. The molecule has 1 saturated carbocycles. The van der Waals surface area contributed by atoms with Gasteiger partial charge in [-0.3, -0.25) is 4.79 Å². The summed E-state index contributed by atoms with van der Waals surface area (Å²) in [5, 5.41) is 0. The standard InChI is InChI=1S/C11H16O/c12-11-7-5-10(6-8-11)9-3-1-2-4-9/h5,9H,1-4,6-8H2. The van der Waals surface area contributed by atoms with Crippen molar-refractivity contribution >= 4 is 5.78 Å². The summed E-state index contributed by atoms with van der Waals surface area (Å²) < 4.78 is 0. The van der Waals surface area contributed by atoms with E-state index >= 15 is 0 Å². The van der Waals surface area contributed by atoms with Crippen LogP contribution in [0, 0.1) is 5.92 Å². The molecule has 2 rings (SSSR count). The zero-order valence-electron chi connectivity index (χ0n) is 7.51. The van der Waals surface area contributed by atoms with E-state index in [0.29, 0.717) is 12.2 Å². The third kappa shape index (κ3) is 1.60. The van der Waals surface area contributed by atoms with Gasteiger partial charge in [0.2, 0.25) is 0 Å². The molecule has 0 amide bonds. The van der Waals surface area contributed by atoms with Crippen LogP contribution in [0.2, 0.25) is 0 Å². The lowest BCUT2D eigenvalue weighted by Gasteiger charge is -2.17. The monoisotopic (exact) mass is 164 g/mol. The zero-order valence-corrected chi connectivity index (χ0v) is 7.51. The predicted octanol–water partition coefficient (Wildman–Crippen LogP) is 2.86. The van der Waals surface area contributed by atoms with Gasteiger partial charge < -0.3 is 0 Å². The Bertz CT molecular complexity index is 209. The summed E-state index contributed by atoms with van der Waals surface area (Å²) in [6.07, 6.45) is 10.3. The highest BCUT2D eigenvalue weighted by atomic mass is 16.1. The van der Waals surface area contributed by atoms with Crippen molar-refractivity contribution in [2.75, 3.05) is 0 Å². The third-order valence-corrected chi connectivity index (χ3v) is 3.16. The summed E-state index contributed by atoms with van der Waals surface area (Å²) in [6.45, 7) is 0. The molecule has 66 valence electrons. The summed E-state index contributed by atoms with van der Waals surface area (Å²) in [5.41, 5.74) is 1.59. The average Bonchev–Trinajstić information content (AvgIpc) is 2.58. The molecule has 0 aromatic carbocycles. The quantitative estimate of drug-likeness (QED) is 0.545. The van der Waals surface area contributed by atoms with Crippen LogP contribution < -0.4 is 0 Å². The number of allylic oxidation sites excluding steroid dienone is 2. The molecular weight excluding hydrogens is 148 g/mol. The Labute approximate surface area is 73.8 Å². The first kappa shape index (κ1) is 8.03. The number of ketones is 1. The number of rotatable bonds is 1. The Morgan fingerprint density at radius 2 is 1.92 bits per heavy atom. The number of carbonyl (C=O) groups excluding carboxylic acids is 1. The van der Waals surface area contributed by atoms with Crippen molar-refractivity contribution in [3.05, 3.63) is 11.6 Å². The van der Waals surface area contributed by atoms with Crippen LogP contribution >= 0.6 is 0 Å². The number of hydrogen-bond donors (Lipinski definition) is 0. The lowest BCUT2D eigenvalue weighted by Crippen LogP contribution is -2.08. The first-order valence-corrected chi connectivity index (χ1v) is 5.07. The van der Waals surface area contributed by atoms with Gasteiger partial charge in [0.25, 0.3) is 0 Å². The van der Waals surface area contributed by atoms with Gasteiger partial charge in [-0.2, -0.15) is 0 Å². The van der Waals surface area contributed by atoms with Crippen LogP contribution in [0.3, 0.4) is 0 Å². The van der Waals surface area contributed by atoms with Crippen molar-refractivity contribution < 1.29 is 4.79 Å². The third-order valence-electron chi connectivity index (χ3n) is 3.16. The molecule has 12 heavy (non-hydrogen) atoms. The van der Waals surface area contributed by atoms with E-state index in [2.05, 4.69) is 6.08 Å². The fourth-order valence-corrected chi connectivity index (χ4v) is 2.40. The minimum Gasteiger partial charge on any atom is -0.299 e. The normalized spacial score (nSPS) is 26.0. The van der Waals surface area contributed by atoms with Crippen LogP contribution in [-0.4, -0.2) is 5.78 Å². The van der Waals surface area contributed by atoms with Crippen molar-refractivity contribution in [3.8, 4) is 0 Å². The van der Waals surface area contributed by atoms with E-state index in [1.165, 1.54) is 25.7 Å². The molecule has 0 radical (unpaired) electrons. The topological polar surface area (TPSA) is 17.1 Å². The molecule has 2 aliphatic rings. The predicted molar refractivity (Wildman–Crippen MR) is 48.9 cm³/mol. The molecular formula is C11H16O. The van der Waals surface area contributed by atoms with Crippen molar-refractivity contribution in [1.29, 1.82) is 0 Å². The molecule has 0 spiro atoms. The van der Waals surface area contributed by atoms with Crippen molar-refractivity contribution in [1.82, 2.24) is 0 Å². The Kier molecular flexibility index (Phi) is 2.29. The number of Topliss-reactive ketones (excluding diaryl/α,β-unsaturated/α-hetero) is 1. The van der Waals surface area contributed by atoms with E-state index in [1.807, 2.05) is 0 Å². The van der Waals surface area contributed by atoms with E-state index in [4.69, 9.17) is 0 Å². The van der Waals surface area contributed by atoms with Gasteiger partial charge in [-0.1, -0.05) is 24.5 Å². The Morgan fingerprint density at radius 3 is 2.50 bits per heavy atom. The number of hydrogen-bond acceptors (Lipinski definition) is 1. The summed E-state index contributed by atoms with van der Waals surface area (Å²) in [6, 6.07) is 0. The van der Waals surface area contributed by atoms with E-state index in [9.17, 15) is 4.79 Å². The van der Waals surface area contributed by atoms with Gasteiger partial charge in [-0.05, 0) is 25.2 Å². The molecule has 0 aliphatic heterocycles. The van der Waals surface area contributed by atoms with Crippen LogP contribution in [0.4, 0.5) is 0 Å². The van der Waals surface area contributed by atoms with E-state index in [-0.39, 0.29) is 0 Å². The SMILES string of the molecule is O=C1CC=C(C2CCCC2)CC1. The Morgan fingerprint density at radius 1 is 1.17 bits per heavy atom. The molecule has 1 nitrogen and oxygen atoms in total. The second-order valence-electron chi connectivity index (χ2n) is 4.00. The minimum atomic E-state index is 0.428. The lowest BCUT2D eigenvalue weighted by molar-refractivity contribution is -0.118. The second kappa shape index (κ2) is 3.42. The van der Waals surface area contributed by atoms with E-state index < -0.39 is 0 Å². The molecule has 0 unspecified atom stereocenters. The first-order valence-electron chi connectivity index (χ1n) is 5.07. The Hall–Kier alpha value is -0.590. The summed E-state index contributed by atoms with van der Waals surface area (Å²) in [4.78, 5) is 11.0. The molecule has 0 saturated heterocycles. The molecule has 0 aromatic heterocycles. The molecule has 0 bridgehead atoms. The molecule has 0 heterocycles. The van der Waals surface area contributed by atoms with Crippen molar-refractivity contribution in [2.45, 2.75) is 44.9 Å². The maximum absolute atomic E-state index is 11.0. The first-order chi connectivity index (χ1) is 5.86. The van der Waals surface area contributed by atoms with E-state index in [0.717, 1.165) is 18.8 Å². The van der Waals surface area contributed by atoms with Crippen LogP contribution in [0.5, 0.6) is 0 Å². The van der Waals surface area contributed by atoms with Crippen LogP contribution in [-0.2, 0) is 4.79 Å². The number of carbonyl (C=O) groups is 1. The van der Waals surface area contributed by atoms with Gasteiger partial charge in [-0.25, -0.2) is 0 Å². The smallest absolute Gasteiger partial charge is 0.136 e. The molecule has 0 aromatic rings. The lowest BCUT2D eigenvalue weighted by atomic mass is 9.88. The van der Waals surface area contributed by atoms with Gasteiger partial charge >= 0.3 is 0 Å².